The number of nitrogens with zero attached hydrogens (tertiary/aromatic N) is 1. The minimum absolute atomic E-state index is 0. The zero-order valence-electron chi connectivity index (χ0n) is 14.3. The van der Waals surface area contributed by atoms with Crippen LogP contribution in [0.15, 0.2) is 29.3 Å². The summed E-state index contributed by atoms with van der Waals surface area (Å²) < 4.78 is 0. The number of amides is 1. The predicted molar refractivity (Wildman–Crippen MR) is 107 cm³/mol. The van der Waals surface area contributed by atoms with Crippen LogP contribution >= 0.6 is 24.0 Å². The molecule has 0 unspecified atom stereocenters. The SMILES string of the molecule is CCCNC(=O)CNC(=NCc1ccccc1CC)NCC.I. The summed E-state index contributed by atoms with van der Waals surface area (Å²) in [4.78, 5) is 16.2. The fourth-order valence-corrected chi connectivity index (χ4v) is 2.05. The molecule has 0 saturated carbocycles. The number of hydrogen-bond acceptors (Lipinski definition) is 2. The Hall–Kier alpha value is -1.31. The van der Waals surface area contributed by atoms with Gasteiger partial charge in [0.2, 0.25) is 5.91 Å². The van der Waals surface area contributed by atoms with Gasteiger partial charge in [-0.15, -0.1) is 24.0 Å². The van der Waals surface area contributed by atoms with Crippen molar-refractivity contribution >= 4 is 35.8 Å². The monoisotopic (exact) mass is 432 g/mol. The van der Waals surface area contributed by atoms with Gasteiger partial charge in [-0.25, -0.2) is 4.99 Å². The van der Waals surface area contributed by atoms with Crippen LogP contribution in [0, 0.1) is 0 Å². The minimum atomic E-state index is -0.0126. The van der Waals surface area contributed by atoms with Crippen LogP contribution < -0.4 is 16.0 Å². The molecular weight excluding hydrogens is 403 g/mol. The zero-order chi connectivity index (χ0) is 16.2. The van der Waals surface area contributed by atoms with Crippen LogP contribution in [0.4, 0.5) is 0 Å². The molecule has 0 spiro atoms. The van der Waals surface area contributed by atoms with Gasteiger partial charge in [0.25, 0.3) is 0 Å². The topological polar surface area (TPSA) is 65.5 Å². The fraction of sp³-hybridized carbons (Fsp3) is 0.529. The Balaban J connectivity index is 0.00000484. The Labute approximate surface area is 156 Å². The van der Waals surface area contributed by atoms with E-state index < -0.39 is 0 Å². The van der Waals surface area contributed by atoms with Crippen molar-refractivity contribution in [2.75, 3.05) is 19.6 Å². The molecule has 1 aromatic carbocycles. The van der Waals surface area contributed by atoms with Gasteiger partial charge in [0, 0.05) is 13.1 Å². The van der Waals surface area contributed by atoms with Crippen molar-refractivity contribution in [3.05, 3.63) is 35.4 Å². The van der Waals surface area contributed by atoms with E-state index in [-0.39, 0.29) is 36.4 Å². The smallest absolute Gasteiger partial charge is 0.239 e. The van der Waals surface area contributed by atoms with Crippen molar-refractivity contribution in [1.29, 1.82) is 0 Å². The maximum atomic E-state index is 11.6. The van der Waals surface area contributed by atoms with Crippen LogP contribution in [-0.4, -0.2) is 31.5 Å². The predicted octanol–water partition coefficient (Wildman–Crippen LogP) is 2.45. The molecule has 1 rings (SSSR count). The van der Waals surface area contributed by atoms with E-state index in [0.29, 0.717) is 19.0 Å². The molecule has 6 heteroatoms. The first-order valence-corrected chi connectivity index (χ1v) is 8.06. The summed E-state index contributed by atoms with van der Waals surface area (Å²) in [6.07, 6.45) is 1.93. The largest absolute Gasteiger partial charge is 0.357 e. The summed E-state index contributed by atoms with van der Waals surface area (Å²) in [5.74, 6) is 0.654. The van der Waals surface area contributed by atoms with E-state index in [9.17, 15) is 4.79 Å². The van der Waals surface area contributed by atoms with Crippen molar-refractivity contribution in [3.8, 4) is 0 Å². The van der Waals surface area contributed by atoms with Gasteiger partial charge in [-0.2, -0.15) is 0 Å². The summed E-state index contributed by atoms with van der Waals surface area (Å²) in [6.45, 7) is 8.50. The van der Waals surface area contributed by atoms with Gasteiger partial charge >= 0.3 is 0 Å². The molecule has 1 amide bonds. The molecule has 0 aliphatic rings. The first-order chi connectivity index (χ1) is 10.7. The Morgan fingerprint density at radius 3 is 2.35 bits per heavy atom. The minimum Gasteiger partial charge on any atom is -0.357 e. The van der Waals surface area contributed by atoms with Gasteiger partial charge in [-0.3, -0.25) is 4.79 Å². The zero-order valence-corrected chi connectivity index (χ0v) is 16.6. The van der Waals surface area contributed by atoms with E-state index in [1.165, 1.54) is 11.1 Å². The van der Waals surface area contributed by atoms with Gasteiger partial charge in [0.05, 0.1) is 13.1 Å². The third-order valence-electron chi connectivity index (χ3n) is 3.24. The number of aliphatic imine (C=N–C) groups is 1. The first-order valence-electron chi connectivity index (χ1n) is 8.06. The molecule has 130 valence electrons. The molecule has 0 aliphatic carbocycles. The lowest BCUT2D eigenvalue weighted by Gasteiger charge is -2.12. The number of nitrogens with one attached hydrogen (secondary N) is 3. The Bertz CT molecular complexity index is 491. The van der Waals surface area contributed by atoms with Gasteiger partial charge in [0.1, 0.15) is 0 Å². The van der Waals surface area contributed by atoms with E-state index in [0.717, 1.165) is 19.4 Å². The summed E-state index contributed by atoms with van der Waals surface area (Å²) in [5, 5.41) is 9.06. The highest BCUT2D eigenvalue weighted by molar-refractivity contribution is 14.0. The molecular formula is C17H29IN4O. The Morgan fingerprint density at radius 2 is 1.74 bits per heavy atom. The van der Waals surface area contributed by atoms with Crippen molar-refractivity contribution in [1.82, 2.24) is 16.0 Å². The lowest BCUT2D eigenvalue weighted by atomic mass is 10.1. The Morgan fingerprint density at radius 1 is 1.04 bits per heavy atom. The highest BCUT2D eigenvalue weighted by atomic mass is 127. The van der Waals surface area contributed by atoms with E-state index in [2.05, 4.69) is 40.0 Å². The number of carbonyl (C=O) groups is 1. The highest BCUT2D eigenvalue weighted by Gasteiger charge is 2.03. The average Bonchev–Trinajstić information content (AvgIpc) is 2.55. The average molecular weight is 432 g/mol. The van der Waals surface area contributed by atoms with Crippen LogP contribution in [-0.2, 0) is 17.8 Å². The fourth-order valence-electron chi connectivity index (χ4n) is 2.05. The van der Waals surface area contributed by atoms with E-state index in [1.54, 1.807) is 0 Å². The van der Waals surface area contributed by atoms with Crippen molar-refractivity contribution in [2.24, 2.45) is 4.99 Å². The van der Waals surface area contributed by atoms with Crippen molar-refractivity contribution in [2.45, 2.75) is 40.2 Å². The van der Waals surface area contributed by atoms with Crippen LogP contribution in [0.5, 0.6) is 0 Å². The molecule has 23 heavy (non-hydrogen) atoms. The highest BCUT2D eigenvalue weighted by Crippen LogP contribution is 2.10. The summed E-state index contributed by atoms with van der Waals surface area (Å²) in [7, 11) is 0. The van der Waals surface area contributed by atoms with E-state index in [1.807, 2.05) is 26.0 Å². The molecule has 5 nitrogen and oxygen atoms in total. The molecule has 0 radical (unpaired) electrons. The van der Waals surface area contributed by atoms with Crippen molar-refractivity contribution in [3.63, 3.8) is 0 Å². The number of guanidine groups is 1. The maximum Gasteiger partial charge on any atom is 0.239 e. The van der Waals surface area contributed by atoms with E-state index >= 15 is 0 Å². The normalized spacial score (nSPS) is 10.7. The first kappa shape index (κ1) is 21.7. The van der Waals surface area contributed by atoms with Crippen molar-refractivity contribution < 1.29 is 4.79 Å². The molecule has 1 aromatic rings. The van der Waals surface area contributed by atoms with Gasteiger partial charge in [-0.1, -0.05) is 38.1 Å². The second kappa shape index (κ2) is 13.2. The van der Waals surface area contributed by atoms with Gasteiger partial charge in [-0.05, 0) is 30.9 Å². The molecule has 0 aliphatic heterocycles. The number of halogens is 1. The number of rotatable bonds is 8. The quantitative estimate of drug-likeness (QED) is 0.336. The molecule has 0 saturated heterocycles. The van der Waals surface area contributed by atoms with Crippen LogP contribution in [0.25, 0.3) is 0 Å². The third kappa shape index (κ3) is 8.78. The summed E-state index contributed by atoms with van der Waals surface area (Å²) in [6, 6.07) is 8.30. The third-order valence-corrected chi connectivity index (χ3v) is 3.24. The van der Waals surface area contributed by atoms with Crippen LogP contribution in [0.1, 0.15) is 38.3 Å². The molecule has 0 heterocycles. The van der Waals surface area contributed by atoms with Gasteiger partial charge in [0.15, 0.2) is 5.96 Å². The maximum absolute atomic E-state index is 11.6. The second-order valence-corrected chi connectivity index (χ2v) is 5.02. The molecule has 0 atom stereocenters. The molecule has 3 N–H and O–H groups in total. The molecule has 0 bridgehead atoms. The van der Waals surface area contributed by atoms with Crippen LogP contribution in [0.3, 0.4) is 0 Å². The summed E-state index contributed by atoms with van der Waals surface area (Å²) in [5.41, 5.74) is 2.53. The summed E-state index contributed by atoms with van der Waals surface area (Å²) >= 11 is 0. The number of benzene rings is 1. The second-order valence-electron chi connectivity index (χ2n) is 5.02. The molecule has 0 aromatic heterocycles. The van der Waals surface area contributed by atoms with E-state index in [4.69, 9.17) is 0 Å². The van der Waals surface area contributed by atoms with Crippen LogP contribution in [0.2, 0.25) is 0 Å². The Kier molecular flexibility index (Phi) is 12.4. The number of aryl methyl sites for hydroxylation is 1. The lowest BCUT2D eigenvalue weighted by Crippen LogP contribution is -2.43. The lowest BCUT2D eigenvalue weighted by molar-refractivity contribution is -0.120. The number of hydrogen-bond donors (Lipinski definition) is 3. The molecule has 0 fully saturated rings. The standard InChI is InChI=1S/C17H28N4O.HI/c1-4-11-19-16(22)13-21-17(18-6-3)20-12-15-10-8-7-9-14(15)5-2;/h7-10H,4-6,11-13H2,1-3H3,(H,19,22)(H2,18,20,21);1H. The number of carbonyl (C=O) groups excluding carboxylic acids is 1. The van der Waals surface area contributed by atoms with Gasteiger partial charge < -0.3 is 16.0 Å².